The number of rotatable bonds is 6. The molecule has 1 aromatic rings. The van der Waals surface area contributed by atoms with E-state index < -0.39 is 0 Å². The number of nitrogens with zero attached hydrogens (tertiary/aromatic N) is 1. The first kappa shape index (κ1) is 16.0. The Morgan fingerprint density at radius 2 is 1.91 bits per heavy atom. The molecule has 5 nitrogen and oxygen atoms in total. The monoisotopic (exact) mass is 316 g/mol. The predicted octanol–water partition coefficient (Wildman–Crippen LogP) is 1.28. The zero-order valence-corrected chi connectivity index (χ0v) is 13.4. The highest BCUT2D eigenvalue weighted by Crippen LogP contribution is 2.44. The van der Waals surface area contributed by atoms with E-state index >= 15 is 0 Å². The maximum atomic E-state index is 12.6. The molecule has 2 amide bonds. The molecule has 124 valence electrons. The lowest BCUT2D eigenvalue weighted by atomic mass is 9.74. The molecule has 0 bridgehead atoms. The number of benzene rings is 1. The van der Waals surface area contributed by atoms with Gasteiger partial charge in [0.25, 0.3) is 0 Å². The molecule has 2 aliphatic rings. The number of nitrogens with one attached hydrogen (secondary N) is 1. The van der Waals surface area contributed by atoms with Crippen LogP contribution < -0.4 is 5.32 Å². The fraction of sp³-hybridized carbons (Fsp3) is 0.556. The normalized spacial score (nSPS) is 26.5. The third-order valence-corrected chi connectivity index (χ3v) is 4.93. The number of hydrogen-bond donors (Lipinski definition) is 2. The lowest BCUT2D eigenvalue weighted by molar-refractivity contribution is -0.152. The van der Waals surface area contributed by atoms with E-state index in [-0.39, 0.29) is 42.3 Å². The summed E-state index contributed by atoms with van der Waals surface area (Å²) >= 11 is 0. The van der Waals surface area contributed by atoms with Crippen LogP contribution in [0.2, 0.25) is 0 Å². The number of hydrogen-bond acceptors (Lipinski definition) is 3. The molecule has 1 saturated carbocycles. The van der Waals surface area contributed by atoms with E-state index in [0.29, 0.717) is 13.0 Å². The van der Waals surface area contributed by atoms with Crippen LogP contribution in [0.4, 0.5) is 0 Å². The molecule has 1 aliphatic heterocycles. The van der Waals surface area contributed by atoms with E-state index in [9.17, 15) is 14.7 Å². The fourth-order valence-corrected chi connectivity index (χ4v) is 3.50. The molecule has 23 heavy (non-hydrogen) atoms. The first-order chi connectivity index (χ1) is 11.2. The number of aliphatic hydroxyl groups is 1. The van der Waals surface area contributed by atoms with E-state index in [0.717, 1.165) is 18.4 Å². The maximum absolute atomic E-state index is 12.6. The Morgan fingerprint density at radius 1 is 1.22 bits per heavy atom. The number of carbonyl (C=O) groups excluding carboxylic acids is 2. The van der Waals surface area contributed by atoms with Gasteiger partial charge in [0.1, 0.15) is 0 Å². The van der Waals surface area contributed by atoms with Crippen molar-refractivity contribution in [3.05, 3.63) is 35.9 Å². The van der Waals surface area contributed by atoms with Crippen LogP contribution in [0.25, 0.3) is 0 Å². The second-order valence-electron chi connectivity index (χ2n) is 6.43. The molecule has 1 heterocycles. The van der Waals surface area contributed by atoms with Crippen LogP contribution in [-0.4, -0.2) is 47.1 Å². The number of likely N-dealkylation sites (tertiary alicyclic amines) is 1. The van der Waals surface area contributed by atoms with Crippen molar-refractivity contribution in [2.75, 3.05) is 13.2 Å². The molecule has 1 saturated heterocycles. The Bertz CT molecular complexity index is 571. The van der Waals surface area contributed by atoms with Gasteiger partial charge in [-0.1, -0.05) is 37.3 Å². The quantitative estimate of drug-likeness (QED) is 0.830. The summed E-state index contributed by atoms with van der Waals surface area (Å²) in [5.74, 6) is 0.307. The van der Waals surface area contributed by atoms with Crippen molar-refractivity contribution in [1.82, 2.24) is 10.2 Å². The standard InChI is InChI=1S/C18H24N2O3/c1-2-16(22)19-10-14-17(12-6-4-3-5-7-12)15(11-21)20(14)18(23)13-8-9-13/h3-7,13-15,17,21H,2,8-11H2,1H3,(H,19,22)/t14-,15-,17-/m0/s1. The summed E-state index contributed by atoms with van der Waals surface area (Å²) in [6.07, 6.45) is 2.32. The van der Waals surface area contributed by atoms with Crippen LogP contribution in [0.1, 0.15) is 37.7 Å². The minimum absolute atomic E-state index is 0.0110. The Balaban J connectivity index is 1.80. The van der Waals surface area contributed by atoms with Crippen molar-refractivity contribution < 1.29 is 14.7 Å². The molecule has 3 rings (SSSR count). The van der Waals surface area contributed by atoms with E-state index in [4.69, 9.17) is 0 Å². The van der Waals surface area contributed by atoms with Gasteiger partial charge in [-0.25, -0.2) is 0 Å². The summed E-state index contributed by atoms with van der Waals surface area (Å²) in [5.41, 5.74) is 1.11. The molecule has 0 unspecified atom stereocenters. The van der Waals surface area contributed by atoms with Crippen LogP contribution in [0, 0.1) is 5.92 Å². The minimum atomic E-state index is -0.186. The molecule has 5 heteroatoms. The van der Waals surface area contributed by atoms with Gasteiger partial charge < -0.3 is 15.3 Å². The minimum Gasteiger partial charge on any atom is -0.394 e. The molecule has 1 aromatic carbocycles. The fourth-order valence-electron chi connectivity index (χ4n) is 3.50. The van der Waals surface area contributed by atoms with Crippen molar-refractivity contribution in [3.8, 4) is 0 Å². The van der Waals surface area contributed by atoms with Gasteiger partial charge >= 0.3 is 0 Å². The van der Waals surface area contributed by atoms with Crippen LogP contribution >= 0.6 is 0 Å². The number of amides is 2. The van der Waals surface area contributed by atoms with E-state index in [1.165, 1.54) is 0 Å². The Hall–Kier alpha value is -1.88. The van der Waals surface area contributed by atoms with Gasteiger partial charge in [-0.05, 0) is 18.4 Å². The maximum Gasteiger partial charge on any atom is 0.226 e. The van der Waals surface area contributed by atoms with Gasteiger partial charge in [0.2, 0.25) is 11.8 Å². The van der Waals surface area contributed by atoms with Gasteiger partial charge in [0.15, 0.2) is 0 Å². The van der Waals surface area contributed by atoms with Gasteiger partial charge in [-0.3, -0.25) is 9.59 Å². The highest BCUT2D eigenvalue weighted by molar-refractivity contribution is 5.83. The van der Waals surface area contributed by atoms with Crippen molar-refractivity contribution in [3.63, 3.8) is 0 Å². The van der Waals surface area contributed by atoms with Gasteiger partial charge in [-0.15, -0.1) is 0 Å². The molecule has 0 spiro atoms. The third kappa shape index (κ3) is 3.11. The topological polar surface area (TPSA) is 69.6 Å². The molecular formula is C18H24N2O3. The second kappa shape index (κ2) is 6.71. The van der Waals surface area contributed by atoms with E-state index in [1.807, 2.05) is 42.2 Å². The summed E-state index contributed by atoms with van der Waals surface area (Å²) in [7, 11) is 0. The lowest BCUT2D eigenvalue weighted by Gasteiger charge is -2.55. The van der Waals surface area contributed by atoms with E-state index in [1.54, 1.807) is 0 Å². The SMILES string of the molecule is CCC(=O)NC[C@H]1[C@H](c2ccccc2)[C@H](CO)N1C(=O)C1CC1. The summed E-state index contributed by atoms with van der Waals surface area (Å²) in [4.78, 5) is 26.0. The van der Waals surface area contributed by atoms with E-state index in [2.05, 4.69) is 5.32 Å². The highest BCUT2D eigenvalue weighted by Gasteiger charge is 2.53. The van der Waals surface area contributed by atoms with Crippen LogP contribution in [0.3, 0.4) is 0 Å². The third-order valence-electron chi connectivity index (χ3n) is 4.93. The molecular weight excluding hydrogens is 292 g/mol. The first-order valence-corrected chi connectivity index (χ1v) is 8.42. The summed E-state index contributed by atoms with van der Waals surface area (Å²) < 4.78 is 0. The molecule has 1 aliphatic carbocycles. The number of aliphatic hydroxyl groups excluding tert-OH is 1. The summed E-state index contributed by atoms with van der Waals surface area (Å²) in [5, 5.41) is 12.7. The Kier molecular flexibility index (Phi) is 4.66. The lowest BCUT2D eigenvalue weighted by Crippen LogP contribution is -2.68. The van der Waals surface area contributed by atoms with Gasteiger partial charge in [0.05, 0.1) is 18.7 Å². The van der Waals surface area contributed by atoms with Crippen molar-refractivity contribution in [2.45, 2.75) is 44.2 Å². The van der Waals surface area contributed by atoms with Gasteiger partial charge in [0, 0.05) is 24.8 Å². The van der Waals surface area contributed by atoms with Crippen LogP contribution in [0.15, 0.2) is 30.3 Å². The average Bonchev–Trinajstić information content (AvgIpc) is 3.39. The Morgan fingerprint density at radius 3 is 2.48 bits per heavy atom. The Labute approximate surface area is 136 Å². The van der Waals surface area contributed by atoms with Gasteiger partial charge in [-0.2, -0.15) is 0 Å². The molecule has 2 N–H and O–H groups in total. The smallest absolute Gasteiger partial charge is 0.226 e. The molecule has 0 radical (unpaired) electrons. The van der Waals surface area contributed by atoms with Crippen molar-refractivity contribution in [2.24, 2.45) is 5.92 Å². The summed E-state index contributed by atoms with van der Waals surface area (Å²) in [6, 6.07) is 9.69. The van der Waals surface area contributed by atoms with Crippen molar-refractivity contribution in [1.29, 1.82) is 0 Å². The predicted molar refractivity (Wildman–Crippen MR) is 86.7 cm³/mol. The first-order valence-electron chi connectivity index (χ1n) is 8.42. The zero-order valence-electron chi connectivity index (χ0n) is 13.4. The molecule has 3 atom stereocenters. The van der Waals surface area contributed by atoms with Crippen LogP contribution in [0.5, 0.6) is 0 Å². The number of carbonyl (C=O) groups is 2. The summed E-state index contributed by atoms with van der Waals surface area (Å²) in [6.45, 7) is 2.21. The average molecular weight is 316 g/mol. The highest BCUT2D eigenvalue weighted by atomic mass is 16.3. The van der Waals surface area contributed by atoms with Crippen molar-refractivity contribution >= 4 is 11.8 Å². The zero-order chi connectivity index (χ0) is 16.4. The second-order valence-corrected chi connectivity index (χ2v) is 6.43. The largest absolute Gasteiger partial charge is 0.394 e. The van der Waals surface area contributed by atoms with Crippen LogP contribution in [-0.2, 0) is 9.59 Å². The molecule has 2 fully saturated rings. The molecule has 0 aromatic heterocycles.